The van der Waals surface area contributed by atoms with Crippen LogP contribution in [0.25, 0.3) is 5.70 Å². The van der Waals surface area contributed by atoms with Crippen molar-refractivity contribution in [3.63, 3.8) is 0 Å². The zero-order valence-corrected chi connectivity index (χ0v) is 21.2. The highest BCUT2D eigenvalue weighted by Crippen LogP contribution is 2.26. The fourth-order valence-corrected chi connectivity index (χ4v) is 4.48. The highest BCUT2D eigenvalue weighted by atomic mass is 35.5. The van der Waals surface area contributed by atoms with Gasteiger partial charge in [-0.05, 0) is 68.8 Å². The van der Waals surface area contributed by atoms with Crippen molar-refractivity contribution in [3.05, 3.63) is 83.2 Å². The lowest BCUT2D eigenvalue weighted by molar-refractivity contribution is -0.126. The zero-order chi connectivity index (χ0) is 26.0. The maximum absolute atomic E-state index is 12.9. The number of amides is 1. The summed E-state index contributed by atoms with van der Waals surface area (Å²) in [6.07, 6.45) is 0. The molecule has 1 amide bonds. The van der Waals surface area contributed by atoms with E-state index in [2.05, 4.69) is 36.6 Å². The van der Waals surface area contributed by atoms with Gasteiger partial charge in [-0.25, -0.2) is 23.1 Å². The van der Waals surface area contributed by atoms with Gasteiger partial charge >= 0.3 is 0 Å². The molecule has 1 aromatic heterocycles. The summed E-state index contributed by atoms with van der Waals surface area (Å²) in [6, 6.07) is 13.4. The van der Waals surface area contributed by atoms with Crippen molar-refractivity contribution in [2.75, 3.05) is 4.72 Å². The number of sulfonamides is 1. The molecular formula is C24H22ClN7O3S. The van der Waals surface area contributed by atoms with Gasteiger partial charge in [0.15, 0.2) is 6.04 Å². The smallest absolute Gasteiger partial charge is 0.269 e. The summed E-state index contributed by atoms with van der Waals surface area (Å²) in [5, 5.41) is 14.3. The molecule has 0 spiro atoms. The van der Waals surface area contributed by atoms with Crippen LogP contribution >= 0.6 is 11.6 Å². The number of anilines is 1. The number of carbonyl (C=O) groups is 1. The monoisotopic (exact) mass is 523 g/mol. The van der Waals surface area contributed by atoms with Crippen LogP contribution in [-0.4, -0.2) is 41.1 Å². The first-order chi connectivity index (χ1) is 17.0. The van der Waals surface area contributed by atoms with Crippen molar-refractivity contribution >= 4 is 50.6 Å². The molecule has 4 rings (SSSR count). The molecule has 2 aromatic carbocycles. The van der Waals surface area contributed by atoms with Crippen molar-refractivity contribution in [3.8, 4) is 0 Å². The lowest BCUT2D eigenvalue weighted by Gasteiger charge is -2.15. The summed E-state index contributed by atoms with van der Waals surface area (Å²) >= 11 is 5.93. The Labute approximate surface area is 213 Å². The predicted octanol–water partition coefficient (Wildman–Crippen LogP) is 4.89. The first-order valence-electron chi connectivity index (χ1n) is 10.7. The third kappa shape index (κ3) is 5.47. The molecule has 0 bridgehead atoms. The quantitative estimate of drug-likeness (QED) is 0.441. The van der Waals surface area contributed by atoms with E-state index in [0.29, 0.717) is 39.1 Å². The largest absolute Gasteiger partial charge is 0.280 e. The van der Waals surface area contributed by atoms with Gasteiger partial charge in [0.25, 0.3) is 15.9 Å². The summed E-state index contributed by atoms with van der Waals surface area (Å²) in [5.74, 6) is -0.399. The number of hydrazone groups is 1. The molecular weight excluding hydrogens is 502 g/mol. The molecule has 2 heterocycles. The summed E-state index contributed by atoms with van der Waals surface area (Å²) in [5.41, 5.74) is 3.20. The molecule has 0 radical (unpaired) electrons. The van der Waals surface area contributed by atoms with Gasteiger partial charge in [0.05, 0.1) is 22.0 Å². The number of hydrogen-bond acceptors (Lipinski definition) is 8. The van der Waals surface area contributed by atoms with Crippen LogP contribution in [0, 0.1) is 13.8 Å². The zero-order valence-electron chi connectivity index (χ0n) is 19.7. The van der Waals surface area contributed by atoms with Gasteiger partial charge in [0.1, 0.15) is 0 Å². The average Bonchev–Trinajstić information content (AvgIpc) is 3.10. The van der Waals surface area contributed by atoms with Gasteiger partial charge in [-0.15, -0.1) is 0 Å². The van der Waals surface area contributed by atoms with Crippen molar-refractivity contribution in [2.45, 2.75) is 31.7 Å². The Morgan fingerprint density at radius 3 is 2.25 bits per heavy atom. The molecule has 10 nitrogen and oxygen atoms in total. The van der Waals surface area contributed by atoms with E-state index >= 15 is 0 Å². The summed E-state index contributed by atoms with van der Waals surface area (Å²) < 4.78 is 27.8. The Balaban J connectivity index is 1.46. The van der Waals surface area contributed by atoms with Crippen molar-refractivity contribution in [1.82, 2.24) is 15.0 Å². The molecule has 1 N–H and O–H groups in total. The lowest BCUT2D eigenvalue weighted by atomic mass is 10.1. The van der Waals surface area contributed by atoms with E-state index in [9.17, 15) is 13.2 Å². The Kier molecular flexibility index (Phi) is 6.95. The second kappa shape index (κ2) is 9.96. The minimum absolute atomic E-state index is 0.00401. The van der Waals surface area contributed by atoms with Gasteiger partial charge in [0.2, 0.25) is 5.95 Å². The van der Waals surface area contributed by atoms with E-state index in [1.165, 1.54) is 29.3 Å². The first kappa shape index (κ1) is 25.1. The van der Waals surface area contributed by atoms with Crippen molar-refractivity contribution < 1.29 is 13.2 Å². The van der Waals surface area contributed by atoms with Crippen LogP contribution in [0.5, 0.6) is 0 Å². The van der Waals surface area contributed by atoms with E-state index in [-0.39, 0.29) is 10.8 Å². The number of benzene rings is 2. The molecule has 184 valence electrons. The molecule has 1 atom stereocenters. The number of rotatable bonds is 7. The molecule has 36 heavy (non-hydrogen) atoms. The van der Waals surface area contributed by atoms with Crippen LogP contribution in [0.3, 0.4) is 0 Å². The van der Waals surface area contributed by atoms with Crippen LogP contribution in [0.2, 0.25) is 5.02 Å². The Bertz CT molecular complexity index is 1480. The molecule has 1 aliphatic rings. The number of carbonyl (C=O) groups excluding carboxylic acids is 1. The van der Waals surface area contributed by atoms with Gasteiger partial charge in [-0.3, -0.25) is 4.79 Å². The van der Waals surface area contributed by atoms with E-state index in [4.69, 9.17) is 11.6 Å². The Hall–Kier alpha value is -3.96. The Morgan fingerprint density at radius 1 is 1.03 bits per heavy atom. The highest BCUT2D eigenvalue weighted by molar-refractivity contribution is 7.92. The number of nitrogens with zero attached hydrogens (tertiary/aromatic N) is 6. The topological polar surface area (TPSA) is 129 Å². The molecule has 3 aromatic rings. The molecule has 0 saturated carbocycles. The van der Waals surface area contributed by atoms with Gasteiger partial charge in [-0.2, -0.15) is 20.3 Å². The van der Waals surface area contributed by atoms with Gasteiger partial charge < -0.3 is 0 Å². The Morgan fingerprint density at radius 2 is 1.64 bits per heavy atom. The second-order valence-corrected chi connectivity index (χ2v) is 10.2. The van der Waals surface area contributed by atoms with E-state index in [1.54, 1.807) is 51.1 Å². The third-order valence-electron chi connectivity index (χ3n) is 5.17. The molecule has 1 aliphatic heterocycles. The molecule has 1 unspecified atom stereocenters. The fourth-order valence-electron chi connectivity index (χ4n) is 3.41. The number of aryl methyl sites for hydroxylation is 2. The number of halogens is 1. The van der Waals surface area contributed by atoms with Gasteiger partial charge in [-0.1, -0.05) is 30.3 Å². The molecule has 0 saturated heterocycles. The highest BCUT2D eigenvalue weighted by Gasteiger charge is 2.35. The SMILES string of the molecule is C=C(c1ccc(Cl)cc1)N1N=C(C)C(N=Nc2ccc(S(=O)(=O)Nc3nc(C)cc(C)n3)cc2)C1=O. The normalized spacial score (nSPS) is 15.9. The van der Waals surface area contributed by atoms with E-state index in [0.717, 1.165) is 0 Å². The van der Waals surface area contributed by atoms with E-state index < -0.39 is 22.0 Å². The number of nitrogens with one attached hydrogen (secondary N) is 1. The average molecular weight is 524 g/mol. The maximum Gasteiger partial charge on any atom is 0.280 e. The summed E-state index contributed by atoms with van der Waals surface area (Å²) in [6.45, 7) is 9.13. The second-order valence-electron chi connectivity index (χ2n) is 8.04. The maximum atomic E-state index is 12.9. The van der Waals surface area contributed by atoms with Crippen molar-refractivity contribution in [2.24, 2.45) is 15.3 Å². The van der Waals surface area contributed by atoms with Crippen LogP contribution in [-0.2, 0) is 14.8 Å². The van der Waals surface area contributed by atoms with Crippen LogP contribution < -0.4 is 4.72 Å². The minimum Gasteiger partial charge on any atom is -0.269 e. The lowest BCUT2D eigenvalue weighted by Crippen LogP contribution is -2.28. The number of hydrogen-bond donors (Lipinski definition) is 1. The summed E-state index contributed by atoms with van der Waals surface area (Å²) in [4.78, 5) is 21.1. The van der Waals surface area contributed by atoms with E-state index in [1.807, 2.05) is 0 Å². The van der Waals surface area contributed by atoms with Crippen LogP contribution in [0.15, 0.2) is 81.4 Å². The molecule has 12 heteroatoms. The van der Waals surface area contributed by atoms with Gasteiger partial charge in [0, 0.05) is 16.4 Å². The van der Waals surface area contributed by atoms with Crippen molar-refractivity contribution in [1.29, 1.82) is 0 Å². The third-order valence-corrected chi connectivity index (χ3v) is 6.77. The molecule has 0 aliphatic carbocycles. The number of azo groups is 1. The fraction of sp³-hybridized carbons (Fsp3) is 0.167. The standard InChI is InChI=1S/C24H22ClN7O3S/c1-14-13-15(2)27-24(26-14)31-36(34,35)21-11-9-20(10-12-21)28-29-22-16(3)30-32(23(22)33)17(4)18-5-7-19(25)8-6-18/h5-13,22H,4H2,1-3H3,(H,26,27,31). The predicted molar refractivity (Wildman–Crippen MR) is 138 cm³/mol. The molecule has 0 fully saturated rings. The van der Waals surface area contributed by atoms with Crippen LogP contribution in [0.4, 0.5) is 11.6 Å². The minimum atomic E-state index is -3.90. The van der Waals surface area contributed by atoms with Crippen LogP contribution in [0.1, 0.15) is 23.9 Å². The number of aromatic nitrogens is 2. The first-order valence-corrected chi connectivity index (χ1v) is 12.6. The summed E-state index contributed by atoms with van der Waals surface area (Å²) in [7, 11) is -3.90.